The molecule has 0 radical (unpaired) electrons. The van der Waals surface area contributed by atoms with Crippen LogP contribution < -0.4 is 0 Å². The molecule has 3 heterocycles. The third-order valence-corrected chi connectivity index (χ3v) is 11.3. The molecule has 0 fully saturated rings. The van der Waals surface area contributed by atoms with Gasteiger partial charge in [0.15, 0.2) is 17.5 Å². The van der Waals surface area contributed by atoms with Gasteiger partial charge in [0.1, 0.15) is 22.3 Å². The molecular weight excluding hydrogens is 711 g/mol. The van der Waals surface area contributed by atoms with Gasteiger partial charge < -0.3 is 8.83 Å². The third kappa shape index (κ3) is 5.21. The summed E-state index contributed by atoms with van der Waals surface area (Å²) in [4.78, 5) is 16.1. The monoisotopic (exact) mass is 741 g/mol. The van der Waals surface area contributed by atoms with E-state index in [1.165, 1.54) is 5.39 Å². The van der Waals surface area contributed by atoms with Crippen LogP contribution in [0, 0.1) is 0 Å². The predicted octanol–water partition coefficient (Wildman–Crippen LogP) is 14.3. The largest absolute Gasteiger partial charge is 0.456 e. The van der Waals surface area contributed by atoms with Crippen molar-refractivity contribution in [1.29, 1.82) is 0 Å². The third-order valence-electron chi connectivity index (χ3n) is 11.3. The van der Waals surface area contributed by atoms with Gasteiger partial charge in [-0.3, -0.25) is 0 Å². The second-order valence-electron chi connectivity index (χ2n) is 14.7. The summed E-state index contributed by atoms with van der Waals surface area (Å²) in [6.07, 6.45) is 0. The Kier molecular flexibility index (Phi) is 7.16. The topological polar surface area (TPSA) is 65.0 Å². The molecule has 0 saturated carbocycles. The van der Waals surface area contributed by atoms with Crippen LogP contribution in [0.3, 0.4) is 0 Å². The highest BCUT2D eigenvalue weighted by Crippen LogP contribution is 2.44. The van der Waals surface area contributed by atoms with Gasteiger partial charge in [0.25, 0.3) is 0 Å². The van der Waals surface area contributed by atoms with Crippen molar-refractivity contribution in [2.24, 2.45) is 0 Å². The van der Waals surface area contributed by atoms with Gasteiger partial charge in [0, 0.05) is 38.2 Å². The van der Waals surface area contributed by atoms with Crippen LogP contribution in [-0.2, 0) is 0 Å². The second kappa shape index (κ2) is 12.8. The number of para-hydroxylation sites is 1. The highest BCUT2D eigenvalue weighted by molar-refractivity contribution is 6.18. The molecule has 5 heteroatoms. The van der Waals surface area contributed by atoms with Gasteiger partial charge in [0.2, 0.25) is 0 Å². The minimum Gasteiger partial charge on any atom is -0.456 e. The molecule has 12 aromatic rings. The first-order valence-electron chi connectivity index (χ1n) is 19.4. The van der Waals surface area contributed by atoms with E-state index in [4.69, 9.17) is 23.8 Å². The number of nitrogens with zero attached hydrogens (tertiary/aromatic N) is 3. The molecule has 0 atom stereocenters. The molecule has 0 saturated heterocycles. The Balaban J connectivity index is 1.18. The zero-order valence-electron chi connectivity index (χ0n) is 31.1. The average Bonchev–Trinajstić information content (AvgIpc) is 3.86. The van der Waals surface area contributed by atoms with Crippen LogP contribution in [-0.4, -0.2) is 15.0 Å². The maximum absolute atomic E-state index is 6.68. The van der Waals surface area contributed by atoms with Crippen molar-refractivity contribution in [3.8, 4) is 56.4 Å². The smallest absolute Gasteiger partial charge is 0.165 e. The van der Waals surface area contributed by atoms with Gasteiger partial charge in [-0.1, -0.05) is 146 Å². The highest BCUT2D eigenvalue weighted by atomic mass is 16.3. The fourth-order valence-electron chi connectivity index (χ4n) is 8.52. The SMILES string of the molecule is c1ccc(-c2ccc(-c3nc(-c4cccc5oc6ccccc6c45)nc(-c4c(-c5ccc6ccccc6c5)ccc5oc6cc7ccccc7cc6c45)n3)cc2)cc1. The van der Waals surface area contributed by atoms with E-state index in [1.54, 1.807) is 0 Å². The molecule has 0 amide bonds. The molecule has 0 aliphatic carbocycles. The number of aromatic nitrogens is 3. The Morgan fingerprint density at radius 1 is 0.293 bits per heavy atom. The fraction of sp³-hybridized carbons (Fsp3) is 0. The van der Waals surface area contributed by atoms with E-state index in [0.29, 0.717) is 17.5 Å². The molecule has 0 aliphatic rings. The zero-order chi connectivity index (χ0) is 38.2. The molecular formula is C53H31N3O2. The molecule has 58 heavy (non-hydrogen) atoms. The lowest BCUT2D eigenvalue weighted by atomic mass is 9.92. The summed E-state index contributed by atoms with van der Waals surface area (Å²) in [5, 5.41) is 8.53. The second-order valence-corrected chi connectivity index (χ2v) is 14.7. The van der Waals surface area contributed by atoms with Gasteiger partial charge in [-0.05, 0) is 86.3 Å². The van der Waals surface area contributed by atoms with E-state index < -0.39 is 0 Å². The Hall–Kier alpha value is -7.89. The van der Waals surface area contributed by atoms with Crippen molar-refractivity contribution < 1.29 is 8.83 Å². The summed E-state index contributed by atoms with van der Waals surface area (Å²) in [5.41, 5.74) is 10.1. The van der Waals surface area contributed by atoms with Crippen LogP contribution in [0.5, 0.6) is 0 Å². The lowest BCUT2D eigenvalue weighted by molar-refractivity contribution is 0.669. The van der Waals surface area contributed by atoms with E-state index in [-0.39, 0.29) is 0 Å². The molecule has 0 spiro atoms. The van der Waals surface area contributed by atoms with Crippen molar-refractivity contribution in [3.63, 3.8) is 0 Å². The Morgan fingerprint density at radius 2 is 0.897 bits per heavy atom. The van der Waals surface area contributed by atoms with Crippen LogP contribution in [0.4, 0.5) is 0 Å². The minimum atomic E-state index is 0.557. The number of rotatable bonds is 5. The quantitative estimate of drug-likeness (QED) is 0.176. The van der Waals surface area contributed by atoms with E-state index in [2.05, 4.69) is 152 Å². The van der Waals surface area contributed by atoms with Crippen LogP contribution in [0.1, 0.15) is 0 Å². The maximum atomic E-state index is 6.68. The molecule has 0 bridgehead atoms. The summed E-state index contributed by atoms with van der Waals surface area (Å²) in [5.74, 6) is 1.69. The first-order chi connectivity index (χ1) is 28.7. The summed E-state index contributed by atoms with van der Waals surface area (Å²) in [6.45, 7) is 0. The van der Waals surface area contributed by atoms with Crippen molar-refractivity contribution in [3.05, 3.63) is 188 Å². The fourth-order valence-corrected chi connectivity index (χ4v) is 8.52. The van der Waals surface area contributed by atoms with Crippen molar-refractivity contribution in [2.45, 2.75) is 0 Å². The first kappa shape index (κ1) is 32.4. The van der Waals surface area contributed by atoms with Gasteiger partial charge in [-0.15, -0.1) is 0 Å². The van der Waals surface area contributed by atoms with E-state index in [9.17, 15) is 0 Å². The highest BCUT2D eigenvalue weighted by Gasteiger charge is 2.24. The summed E-state index contributed by atoms with van der Waals surface area (Å²) >= 11 is 0. The minimum absolute atomic E-state index is 0.557. The number of fused-ring (bicyclic) bond motifs is 8. The normalized spacial score (nSPS) is 11.8. The average molecular weight is 742 g/mol. The Morgan fingerprint density at radius 3 is 1.74 bits per heavy atom. The Bertz CT molecular complexity index is 3570. The predicted molar refractivity (Wildman–Crippen MR) is 237 cm³/mol. The number of hydrogen-bond acceptors (Lipinski definition) is 5. The van der Waals surface area contributed by atoms with E-state index >= 15 is 0 Å². The molecule has 12 rings (SSSR count). The molecule has 270 valence electrons. The van der Waals surface area contributed by atoms with Crippen LogP contribution >= 0.6 is 0 Å². The summed E-state index contributed by atoms with van der Waals surface area (Å²) in [7, 11) is 0. The molecule has 0 N–H and O–H groups in total. The van der Waals surface area contributed by atoms with Crippen molar-refractivity contribution >= 4 is 65.4 Å². The maximum Gasteiger partial charge on any atom is 0.165 e. The van der Waals surface area contributed by atoms with E-state index in [1.807, 2.05) is 36.4 Å². The van der Waals surface area contributed by atoms with Gasteiger partial charge in [-0.25, -0.2) is 15.0 Å². The van der Waals surface area contributed by atoms with Gasteiger partial charge in [-0.2, -0.15) is 0 Å². The first-order valence-corrected chi connectivity index (χ1v) is 19.4. The van der Waals surface area contributed by atoms with Crippen molar-refractivity contribution in [1.82, 2.24) is 15.0 Å². The number of hydrogen-bond donors (Lipinski definition) is 0. The van der Waals surface area contributed by atoms with Crippen LogP contribution in [0.2, 0.25) is 0 Å². The lowest BCUT2D eigenvalue weighted by Crippen LogP contribution is -2.02. The van der Waals surface area contributed by atoms with E-state index in [0.717, 1.165) is 99.0 Å². The zero-order valence-corrected chi connectivity index (χ0v) is 31.1. The van der Waals surface area contributed by atoms with Crippen molar-refractivity contribution in [2.75, 3.05) is 0 Å². The number of benzene rings is 9. The standard InChI is InChI=1S/C53H31N3O2/c1-2-11-32(12-3-1)34-21-24-35(25-22-34)51-54-52(42-18-10-20-45-48(42)41-17-8-9-19-44(41)57-45)56-53(55-51)50-40(39-26-23-33-13-4-5-14-36(33)29-39)27-28-46-49(50)43-30-37-15-6-7-16-38(37)31-47(43)58-46/h1-31H. The Labute approximate surface area is 332 Å². The molecule has 0 aliphatic heterocycles. The summed E-state index contributed by atoms with van der Waals surface area (Å²) in [6, 6.07) is 65.2. The van der Waals surface area contributed by atoms with Gasteiger partial charge in [0.05, 0.1) is 0 Å². The molecule has 3 aromatic heterocycles. The van der Waals surface area contributed by atoms with Gasteiger partial charge >= 0.3 is 0 Å². The lowest BCUT2D eigenvalue weighted by Gasteiger charge is -2.14. The molecule has 0 unspecified atom stereocenters. The van der Waals surface area contributed by atoms with Crippen LogP contribution in [0.25, 0.3) is 122 Å². The molecule has 5 nitrogen and oxygen atoms in total. The van der Waals surface area contributed by atoms with Crippen LogP contribution in [0.15, 0.2) is 197 Å². The number of furan rings is 2. The summed E-state index contributed by atoms with van der Waals surface area (Å²) < 4.78 is 13.0. The molecule has 9 aromatic carbocycles.